The SMILES string of the molecule is O=C(CCC(=O)N1CCN(c2ccccn2)CC1)Nc1nnc2ccccn12. The first-order valence-electron chi connectivity index (χ1n) is 9.24. The molecule has 0 aliphatic carbocycles. The summed E-state index contributed by atoms with van der Waals surface area (Å²) in [5.74, 6) is 1.02. The van der Waals surface area contributed by atoms with Gasteiger partial charge in [0.15, 0.2) is 5.65 Å². The zero-order valence-corrected chi connectivity index (χ0v) is 15.4. The number of anilines is 2. The van der Waals surface area contributed by atoms with Crippen molar-refractivity contribution in [1.82, 2.24) is 24.5 Å². The minimum Gasteiger partial charge on any atom is -0.353 e. The van der Waals surface area contributed by atoms with Crippen LogP contribution < -0.4 is 10.2 Å². The number of nitrogens with one attached hydrogen (secondary N) is 1. The van der Waals surface area contributed by atoms with Crippen molar-refractivity contribution >= 4 is 29.2 Å². The van der Waals surface area contributed by atoms with Gasteiger partial charge in [0.1, 0.15) is 5.82 Å². The Kier molecular flexibility index (Phi) is 5.14. The van der Waals surface area contributed by atoms with E-state index in [1.165, 1.54) is 0 Å². The fraction of sp³-hybridized carbons (Fsp3) is 0.316. The van der Waals surface area contributed by atoms with Gasteiger partial charge >= 0.3 is 0 Å². The monoisotopic (exact) mass is 379 g/mol. The topological polar surface area (TPSA) is 95.7 Å². The highest BCUT2D eigenvalue weighted by Gasteiger charge is 2.22. The van der Waals surface area contributed by atoms with Crippen LogP contribution >= 0.6 is 0 Å². The molecule has 3 aromatic rings. The lowest BCUT2D eigenvalue weighted by Gasteiger charge is -2.35. The van der Waals surface area contributed by atoms with E-state index >= 15 is 0 Å². The average molecular weight is 379 g/mol. The second kappa shape index (κ2) is 8.03. The first-order chi connectivity index (χ1) is 13.7. The highest BCUT2D eigenvalue weighted by Crippen LogP contribution is 2.14. The van der Waals surface area contributed by atoms with E-state index in [2.05, 4.69) is 25.4 Å². The van der Waals surface area contributed by atoms with Crippen LogP contribution in [0.25, 0.3) is 5.65 Å². The fourth-order valence-corrected chi connectivity index (χ4v) is 3.22. The third kappa shape index (κ3) is 3.93. The van der Waals surface area contributed by atoms with Crippen LogP contribution in [0, 0.1) is 0 Å². The molecule has 4 rings (SSSR count). The number of piperazine rings is 1. The molecule has 0 unspecified atom stereocenters. The second-order valence-electron chi connectivity index (χ2n) is 6.56. The van der Waals surface area contributed by atoms with Crippen LogP contribution in [0.3, 0.4) is 0 Å². The van der Waals surface area contributed by atoms with Crippen molar-refractivity contribution < 1.29 is 9.59 Å². The maximum absolute atomic E-state index is 12.4. The van der Waals surface area contributed by atoms with Crippen molar-refractivity contribution in [2.75, 3.05) is 36.4 Å². The number of rotatable bonds is 5. The molecule has 4 heterocycles. The minimum absolute atomic E-state index is 0.0121. The first-order valence-corrected chi connectivity index (χ1v) is 9.24. The van der Waals surface area contributed by atoms with E-state index in [1.54, 1.807) is 27.8 Å². The number of fused-ring (bicyclic) bond motifs is 1. The van der Waals surface area contributed by atoms with Crippen molar-refractivity contribution in [3.05, 3.63) is 48.8 Å². The Morgan fingerprint density at radius 3 is 2.57 bits per heavy atom. The Morgan fingerprint density at radius 1 is 0.964 bits per heavy atom. The van der Waals surface area contributed by atoms with E-state index in [1.807, 2.05) is 30.3 Å². The molecule has 1 aliphatic heterocycles. The molecule has 1 aliphatic rings. The van der Waals surface area contributed by atoms with Crippen molar-refractivity contribution in [2.45, 2.75) is 12.8 Å². The highest BCUT2D eigenvalue weighted by molar-refractivity contribution is 5.92. The fourth-order valence-electron chi connectivity index (χ4n) is 3.22. The van der Waals surface area contributed by atoms with E-state index in [4.69, 9.17) is 0 Å². The van der Waals surface area contributed by atoms with Crippen molar-refractivity contribution in [2.24, 2.45) is 0 Å². The molecular formula is C19H21N7O2. The van der Waals surface area contributed by atoms with Gasteiger partial charge in [-0.15, -0.1) is 10.2 Å². The van der Waals surface area contributed by atoms with Gasteiger partial charge in [-0.2, -0.15) is 0 Å². The van der Waals surface area contributed by atoms with Crippen LogP contribution in [-0.2, 0) is 9.59 Å². The van der Waals surface area contributed by atoms with E-state index in [0.29, 0.717) is 24.7 Å². The lowest BCUT2D eigenvalue weighted by molar-refractivity contribution is -0.133. The summed E-state index contributed by atoms with van der Waals surface area (Å²) in [5, 5.41) is 10.7. The van der Waals surface area contributed by atoms with Crippen LogP contribution in [0.1, 0.15) is 12.8 Å². The highest BCUT2D eigenvalue weighted by atomic mass is 16.2. The molecule has 9 heteroatoms. The predicted octanol–water partition coefficient (Wildman–Crippen LogP) is 1.19. The molecule has 1 N–H and O–H groups in total. The molecule has 9 nitrogen and oxygen atoms in total. The number of amides is 2. The van der Waals surface area contributed by atoms with Crippen molar-refractivity contribution in [3.63, 3.8) is 0 Å². The number of aromatic nitrogens is 4. The molecule has 0 atom stereocenters. The number of nitrogens with zero attached hydrogens (tertiary/aromatic N) is 6. The molecular weight excluding hydrogens is 358 g/mol. The second-order valence-corrected chi connectivity index (χ2v) is 6.56. The molecule has 2 amide bonds. The minimum atomic E-state index is -0.251. The lowest BCUT2D eigenvalue weighted by atomic mass is 10.2. The van der Waals surface area contributed by atoms with Crippen molar-refractivity contribution in [3.8, 4) is 0 Å². The largest absolute Gasteiger partial charge is 0.353 e. The summed E-state index contributed by atoms with van der Waals surface area (Å²) < 4.78 is 1.69. The molecule has 1 saturated heterocycles. The molecule has 0 saturated carbocycles. The molecule has 0 radical (unpaired) electrons. The summed E-state index contributed by atoms with van der Waals surface area (Å²) in [4.78, 5) is 32.9. The molecule has 144 valence electrons. The number of pyridine rings is 2. The van der Waals surface area contributed by atoms with Gasteiger partial charge in [0.2, 0.25) is 17.8 Å². The van der Waals surface area contributed by atoms with E-state index in [0.717, 1.165) is 18.9 Å². The Bertz CT molecular complexity index is 965. The van der Waals surface area contributed by atoms with Gasteiger partial charge < -0.3 is 9.80 Å². The van der Waals surface area contributed by atoms with Crippen LogP contribution in [-0.4, -0.2) is 62.5 Å². The normalized spacial score (nSPS) is 14.3. The van der Waals surface area contributed by atoms with Gasteiger partial charge in [-0.3, -0.25) is 19.3 Å². The molecule has 1 fully saturated rings. The number of hydrogen-bond donors (Lipinski definition) is 1. The summed E-state index contributed by atoms with van der Waals surface area (Å²) in [7, 11) is 0. The quantitative estimate of drug-likeness (QED) is 0.715. The lowest BCUT2D eigenvalue weighted by Crippen LogP contribution is -2.49. The van der Waals surface area contributed by atoms with E-state index in [-0.39, 0.29) is 24.7 Å². The molecule has 28 heavy (non-hydrogen) atoms. The summed E-state index contributed by atoms with van der Waals surface area (Å²) in [6.45, 7) is 2.74. The van der Waals surface area contributed by atoms with Crippen LogP contribution in [0.4, 0.5) is 11.8 Å². The van der Waals surface area contributed by atoms with Crippen molar-refractivity contribution in [1.29, 1.82) is 0 Å². The van der Waals surface area contributed by atoms with E-state index < -0.39 is 0 Å². The Hall–Kier alpha value is -3.49. The molecule has 0 spiro atoms. The third-order valence-corrected chi connectivity index (χ3v) is 4.74. The number of hydrogen-bond acceptors (Lipinski definition) is 6. The number of carbonyl (C=O) groups excluding carboxylic acids is 2. The zero-order chi connectivity index (χ0) is 19.3. The maximum atomic E-state index is 12.4. The Balaban J connectivity index is 1.25. The molecule has 0 bridgehead atoms. The predicted molar refractivity (Wildman–Crippen MR) is 104 cm³/mol. The Labute approximate surface area is 162 Å². The van der Waals surface area contributed by atoms with Crippen LogP contribution in [0.5, 0.6) is 0 Å². The van der Waals surface area contributed by atoms with Gasteiger partial charge in [0.25, 0.3) is 0 Å². The maximum Gasteiger partial charge on any atom is 0.235 e. The van der Waals surface area contributed by atoms with Gasteiger partial charge in [-0.1, -0.05) is 12.1 Å². The van der Waals surface area contributed by atoms with Crippen LogP contribution in [0.15, 0.2) is 48.8 Å². The zero-order valence-electron chi connectivity index (χ0n) is 15.4. The summed E-state index contributed by atoms with van der Waals surface area (Å²) >= 11 is 0. The smallest absolute Gasteiger partial charge is 0.235 e. The van der Waals surface area contributed by atoms with E-state index in [9.17, 15) is 9.59 Å². The standard InChI is InChI=1S/C19H21N7O2/c27-17(21-19-23-22-16-6-2-4-10-26(16)19)7-8-18(28)25-13-11-24(12-14-25)15-5-1-3-9-20-15/h1-6,9-10H,7-8,11-14H2,(H,21,23,27). The average Bonchev–Trinajstić information content (AvgIpc) is 3.15. The van der Waals surface area contributed by atoms with Gasteiger partial charge in [-0.25, -0.2) is 4.98 Å². The number of carbonyl (C=O) groups is 2. The van der Waals surface area contributed by atoms with Gasteiger partial charge in [-0.05, 0) is 24.3 Å². The molecule has 0 aromatic carbocycles. The summed E-state index contributed by atoms with van der Waals surface area (Å²) in [6, 6.07) is 11.3. The van der Waals surface area contributed by atoms with Gasteiger partial charge in [0, 0.05) is 51.4 Å². The Morgan fingerprint density at radius 2 is 1.79 bits per heavy atom. The van der Waals surface area contributed by atoms with Gasteiger partial charge in [0.05, 0.1) is 0 Å². The van der Waals surface area contributed by atoms with Crippen LogP contribution in [0.2, 0.25) is 0 Å². The first kappa shape index (κ1) is 17.9. The third-order valence-electron chi connectivity index (χ3n) is 4.74. The summed E-state index contributed by atoms with van der Waals surface area (Å²) in [5.41, 5.74) is 0.652. The summed E-state index contributed by atoms with van der Waals surface area (Å²) in [6.07, 6.45) is 3.83. The molecule has 3 aromatic heterocycles.